The molecule has 0 unspecified atom stereocenters. The fourth-order valence-electron chi connectivity index (χ4n) is 2.02. The zero-order chi connectivity index (χ0) is 17.5. The topological polar surface area (TPSA) is 118 Å². The summed E-state index contributed by atoms with van der Waals surface area (Å²) in [5, 5.41) is 6.01. The van der Waals surface area contributed by atoms with Crippen molar-refractivity contribution in [1.29, 1.82) is 0 Å². The number of nitrogens with zero attached hydrogens (tertiary/aromatic N) is 2. The minimum absolute atomic E-state index is 0.0196. The van der Waals surface area contributed by atoms with Gasteiger partial charge in [0.2, 0.25) is 0 Å². The van der Waals surface area contributed by atoms with Crippen molar-refractivity contribution in [2.75, 3.05) is 18.9 Å². The van der Waals surface area contributed by atoms with E-state index in [0.717, 1.165) is 0 Å². The number of pyridine rings is 1. The molecule has 0 aromatic carbocycles. The number of imide groups is 1. The molecule has 0 radical (unpaired) electrons. The number of hydrogen-bond acceptors (Lipinski definition) is 7. The second-order valence-corrected chi connectivity index (χ2v) is 5.09. The van der Waals surface area contributed by atoms with E-state index < -0.39 is 17.8 Å². The average molecular weight is 334 g/mol. The normalized spacial score (nSPS) is 13.8. The van der Waals surface area contributed by atoms with E-state index in [9.17, 15) is 19.2 Å². The van der Waals surface area contributed by atoms with Crippen LogP contribution in [0.2, 0.25) is 0 Å². The number of anilines is 1. The van der Waals surface area contributed by atoms with E-state index in [1.807, 2.05) is 0 Å². The van der Waals surface area contributed by atoms with Crippen LogP contribution in [0.1, 0.15) is 36.0 Å². The van der Waals surface area contributed by atoms with Gasteiger partial charge < -0.3 is 15.5 Å². The molecule has 9 nitrogen and oxygen atoms in total. The fourth-order valence-corrected chi connectivity index (χ4v) is 2.02. The molecular weight excluding hydrogens is 316 g/mol. The minimum Gasteiger partial charge on any atom is -0.373 e. The Balaban J connectivity index is 1.68. The minimum atomic E-state index is -0.687. The SMILES string of the molecule is CNc1ccc(C(=O)NCCCC(=O)ON2C(=O)CCC2=O)cn1. The number of carbonyl (C=O) groups is 4. The first kappa shape index (κ1) is 17.4. The zero-order valence-electron chi connectivity index (χ0n) is 13.2. The van der Waals surface area contributed by atoms with E-state index in [4.69, 9.17) is 4.84 Å². The summed E-state index contributed by atoms with van der Waals surface area (Å²) in [6.07, 6.45) is 1.86. The molecule has 1 aliphatic heterocycles. The van der Waals surface area contributed by atoms with Gasteiger partial charge in [-0.2, -0.15) is 0 Å². The van der Waals surface area contributed by atoms with Crippen LogP contribution in [0.5, 0.6) is 0 Å². The van der Waals surface area contributed by atoms with E-state index in [2.05, 4.69) is 15.6 Å². The Morgan fingerprint density at radius 3 is 2.54 bits per heavy atom. The quantitative estimate of drug-likeness (QED) is 0.542. The van der Waals surface area contributed by atoms with Gasteiger partial charge in [0.05, 0.1) is 5.56 Å². The Kier molecular flexibility index (Phi) is 5.83. The van der Waals surface area contributed by atoms with Crippen molar-refractivity contribution in [2.24, 2.45) is 0 Å². The highest BCUT2D eigenvalue weighted by atomic mass is 16.7. The van der Waals surface area contributed by atoms with Crippen LogP contribution in [0.4, 0.5) is 5.82 Å². The Morgan fingerprint density at radius 2 is 1.96 bits per heavy atom. The van der Waals surface area contributed by atoms with Crippen LogP contribution in [0.25, 0.3) is 0 Å². The van der Waals surface area contributed by atoms with Crippen LogP contribution < -0.4 is 10.6 Å². The molecule has 2 rings (SSSR count). The smallest absolute Gasteiger partial charge is 0.333 e. The van der Waals surface area contributed by atoms with E-state index in [0.29, 0.717) is 22.9 Å². The standard InChI is InChI=1S/C15H18N4O5/c1-16-11-5-4-10(9-18-11)15(23)17-8-2-3-14(22)24-19-12(20)6-7-13(19)21/h4-5,9H,2-3,6-8H2,1H3,(H,16,18)(H,17,23). The van der Waals surface area contributed by atoms with Crippen molar-refractivity contribution in [2.45, 2.75) is 25.7 Å². The predicted molar refractivity (Wildman–Crippen MR) is 82.5 cm³/mol. The highest BCUT2D eigenvalue weighted by Gasteiger charge is 2.32. The number of aromatic nitrogens is 1. The van der Waals surface area contributed by atoms with Gasteiger partial charge in [-0.1, -0.05) is 0 Å². The molecular formula is C15H18N4O5. The van der Waals surface area contributed by atoms with Gasteiger partial charge in [0, 0.05) is 39.1 Å². The van der Waals surface area contributed by atoms with Crippen LogP contribution in [-0.2, 0) is 19.2 Å². The summed E-state index contributed by atoms with van der Waals surface area (Å²) in [7, 11) is 1.73. The molecule has 0 atom stereocenters. The largest absolute Gasteiger partial charge is 0.373 e. The lowest BCUT2D eigenvalue weighted by atomic mass is 10.2. The van der Waals surface area contributed by atoms with Gasteiger partial charge >= 0.3 is 5.97 Å². The molecule has 1 aliphatic rings. The Hall–Kier alpha value is -2.97. The molecule has 0 saturated carbocycles. The maximum Gasteiger partial charge on any atom is 0.333 e. The molecule has 2 N–H and O–H groups in total. The van der Waals surface area contributed by atoms with Crippen molar-refractivity contribution >= 4 is 29.5 Å². The molecule has 1 saturated heterocycles. The van der Waals surface area contributed by atoms with Crippen LogP contribution in [0, 0.1) is 0 Å². The molecule has 2 heterocycles. The van der Waals surface area contributed by atoms with Crippen molar-refractivity contribution in [1.82, 2.24) is 15.4 Å². The fraction of sp³-hybridized carbons (Fsp3) is 0.400. The first-order valence-electron chi connectivity index (χ1n) is 7.50. The highest BCUT2D eigenvalue weighted by Crippen LogP contribution is 2.12. The molecule has 24 heavy (non-hydrogen) atoms. The molecule has 0 aliphatic carbocycles. The van der Waals surface area contributed by atoms with E-state index >= 15 is 0 Å². The van der Waals surface area contributed by atoms with Gasteiger partial charge in [0.15, 0.2) is 0 Å². The van der Waals surface area contributed by atoms with Crippen molar-refractivity contribution in [3.63, 3.8) is 0 Å². The molecule has 128 valence electrons. The number of amides is 3. The first-order valence-corrected chi connectivity index (χ1v) is 7.50. The summed E-state index contributed by atoms with van der Waals surface area (Å²) >= 11 is 0. The summed E-state index contributed by atoms with van der Waals surface area (Å²) in [5.41, 5.74) is 0.407. The number of hydrogen-bond donors (Lipinski definition) is 2. The number of carbonyl (C=O) groups excluding carboxylic acids is 4. The third-order valence-electron chi connectivity index (χ3n) is 3.32. The maximum absolute atomic E-state index is 11.9. The van der Waals surface area contributed by atoms with Gasteiger partial charge in [0.25, 0.3) is 17.7 Å². The van der Waals surface area contributed by atoms with Gasteiger partial charge in [0.1, 0.15) is 5.82 Å². The van der Waals surface area contributed by atoms with Gasteiger partial charge in [-0.05, 0) is 18.6 Å². The average Bonchev–Trinajstić information content (AvgIpc) is 2.90. The Morgan fingerprint density at radius 1 is 1.25 bits per heavy atom. The predicted octanol–water partition coefficient (Wildman–Crippen LogP) is 0.240. The van der Waals surface area contributed by atoms with Crippen LogP contribution in [0.15, 0.2) is 18.3 Å². The molecule has 1 aromatic rings. The number of hydroxylamine groups is 2. The zero-order valence-corrected chi connectivity index (χ0v) is 13.2. The lowest BCUT2D eigenvalue weighted by molar-refractivity contribution is -0.197. The maximum atomic E-state index is 11.9. The summed E-state index contributed by atoms with van der Waals surface area (Å²) in [6.45, 7) is 0.254. The second kappa shape index (κ2) is 8.04. The van der Waals surface area contributed by atoms with Crippen LogP contribution in [0.3, 0.4) is 0 Å². The van der Waals surface area contributed by atoms with Gasteiger partial charge in [-0.15, -0.1) is 5.06 Å². The third kappa shape index (κ3) is 4.51. The van der Waals surface area contributed by atoms with Crippen LogP contribution in [-0.4, -0.2) is 47.3 Å². The van der Waals surface area contributed by atoms with Gasteiger partial charge in [-0.25, -0.2) is 9.78 Å². The Labute approximate surface area is 138 Å². The second-order valence-electron chi connectivity index (χ2n) is 5.09. The number of rotatable bonds is 7. The lowest BCUT2D eigenvalue weighted by Crippen LogP contribution is -2.32. The monoisotopic (exact) mass is 334 g/mol. The molecule has 0 bridgehead atoms. The van der Waals surface area contributed by atoms with Crippen molar-refractivity contribution < 1.29 is 24.0 Å². The van der Waals surface area contributed by atoms with Crippen molar-refractivity contribution in [3.05, 3.63) is 23.9 Å². The number of nitrogens with one attached hydrogen (secondary N) is 2. The van der Waals surface area contributed by atoms with E-state index in [1.54, 1.807) is 19.2 Å². The lowest BCUT2D eigenvalue weighted by Gasteiger charge is -2.12. The molecule has 9 heteroatoms. The van der Waals surface area contributed by atoms with Crippen molar-refractivity contribution in [3.8, 4) is 0 Å². The summed E-state index contributed by atoms with van der Waals surface area (Å²) in [4.78, 5) is 54.8. The van der Waals surface area contributed by atoms with Crippen LogP contribution >= 0.6 is 0 Å². The molecule has 1 aromatic heterocycles. The van der Waals surface area contributed by atoms with Gasteiger partial charge in [-0.3, -0.25) is 14.4 Å². The third-order valence-corrected chi connectivity index (χ3v) is 3.32. The first-order chi connectivity index (χ1) is 11.5. The van der Waals surface area contributed by atoms with E-state index in [-0.39, 0.29) is 31.7 Å². The highest BCUT2D eigenvalue weighted by molar-refractivity contribution is 6.01. The molecule has 1 fully saturated rings. The summed E-state index contributed by atoms with van der Waals surface area (Å²) in [5.74, 6) is -1.37. The van der Waals surface area contributed by atoms with E-state index in [1.165, 1.54) is 6.20 Å². The summed E-state index contributed by atoms with van der Waals surface area (Å²) in [6, 6.07) is 3.31. The molecule has 0 spiro atoms. The molecule has 3 amide bonds. The summed E-state index contributed by atoms with van der Waals surface area (Å²) < 4.78 is 0. The Bertz CT molecular complexity index is 628.